The molecule has 4 rings (SSSR count). The molecular weight excluding hydrogens is 363 g/mol. The number of hydrogen-bond donors (Lipinski definition) is 1. The lowest BCUT2D eigenvalue weighted by molar-refractivity contribution is -0.136. The van der Waals surface area contributed by atoms with Gasteiger partial charge < -0.3 is 19.5 Å². The highest BCUT2D eigenvalue weighted by Crippen LogP contribution is 2.45. The molecule has 2 saturated heterocycles. The Kier molecular flexibility index (Phi) is 4.89. The smallest absolute Gasteiger partial charge is 0.274 e. The van der Waals surface area contributed by atoms with E-state index in [9.17, 15) is 14.0 Å². The summed E-state index contributed by atoms with van der Waals surface area (Å²) < 4.78 is 18.9. The van der Waals surface area contributed by atoms with Gasteiger partial charge in [-0.1, -0.05) is 12.1 Å². The lowest BCUT2D eigenvalue weighted by Crippen LogP contribution is -2.39. The van der Waals surface area contributed by atoms with Gasteiger partial charge in [0.2, 0.25) is 5.91 Å². The second-order valence-electron chi connectivity index (χ2n) is 7.49. The molecule has 1 aromatic carbocycles. The summed E-state index contributed by atoms with van der Waals surface area (Å²) in [4.78, 5) is 36.1. The summed E-state index contributed by atoms with van der Waals surface area (Å²) >= 11 is 0. The fraction of sp³-hybridized carbons (Fsp3) is 0.450. The SMILES string of the molecule is COCC(=O)N1C[C@H]2CN(C(=O)c3nc[nH]c3C)C[C@H]2[C@@H]1c1cccc(F)c1. The monoisotopic (exact) mass is 386 g/mol. The van der Waals surface area contributed by atoms with Gasteiger partial charge in [-0.25, -0.2) is 9.37 Å². The molecule has 2 amide bonds. The van der Waals surface area contributed by atoms with Crippen molar-refractivity contribution in [1.29, 1.82) is 0 Å². The van der Waals surface area contributed by atoms with E-state index in [1.807, 2.05) is 13.0 Å². The van der Waals surface area contributed by atoms with Gasteiger partial charge in [0.1, 0.15) is 18.1 Å². The highest BCUT2D eigenvalue weighted by Gasteiger charge is 2.50. The number of carbonyl (C=O) groups excluding carboxylic acids is 2. The standard InChI is InChI=1S/C20H23FN4O3/c1-12-18(23-11-22-12)20(27)24-7-14-8-25(17(26)10-28-2)19(16(14)9-24)13-4-3-5-15(21)6-13/h3-6,11,14,16,19H,7-10H2,1-2H3,(H,22,23)/t14-,16-,19+/m1/s1. The minimum absolute atomic E-state index is 0.0135. The molecule has 0 radical (unpaired) electrons. The van der Waals surface area contributed by atoms with Crippen molar-refractivity contribution >= 4 is 11.8 Å². The number of aromatic amines is 1. The fourth-order valence-corrected chi connectivity index (χ4v) is 4.52. The Bertz CT molecular complexity index is 899. The van der Waals surface area contributed by atoms with Crippen LogP contribution in [0, 0.1) is 24.6 Å². The number of nitrogens with one attached hydrogen (secondary N) is 1. The molecule has 148 valence electrons. The van der Waals surface area contributed by atoms with Crippen LogP contribution < -0.4 is 0 Å². The summed E-state index contributed by atoms with van der Waals surface area (Å²) in [5.41, 5.74) is 1.91. The summed E-state index contributed by atoms with van der Waals surface area (Å²) in [6, 6.07) is 6.08. The number of carbonyl (C=O) groups is 2. The molecule has 0 saturated carbocycles. The zero-order valence-electron chi connectivity index (χ0n) is 15.9. The van der Waals surface area contributed by atoms with E-state index in [1.165, 1.54) is 25.6 Å². The lowest BCUT2D eigenvalue weighted by Gasteiger charge is -2.30. The molecular formula is C20H23FN4O3. The number of halogens is 1. The van der Waals surface area contributed by atoms with Gasteiger partial charge in [0.05, 0.1) is 12.4 Å². The Morgan fingerprint density at radius 1 is 1.32 bits per heavy atom. The molecule has 0 spiro atoms. The number of rotatable bonds is 4. The second kappa shape index (κ2) is 7.35. The number of ether oxygens (including phenoxy) is 1. The van der Waals surface area contributed by atoms with Crippen LogP contribution in [0.2, 0.25) is 0 Å². The van der Waals surface area contributed by atoms with E-state index >= 15 is 0 Å². The topological polar surface area (TPSA) is 78.5 Å². The molecule has 7 nitrogen and oxygen atoms in total. The molecule has 3 heterocycles. The van der Waals surface area contributed by atoms with Crippen LogP contribution >= 0.6 is 0 Å². The number of aryl methyl sites for hydroxylation is 1. The first-order chi connectivity index (χ1) is 13.5. The number of amides is 2. The molecule has 0 aliphatic carbocycles. The first kappa shape index (κ1) is 18.6. The lowest BCUT2D eigenvalue weighted by atomic mass is 9.89. The molecule has 28 heavy (non-hydrogen) atoms. The number of H-pyrrole nitrogens is 1. The minimum Gasteiger partial charge on any atom is -0.375 e. The van der Waals surface area contributed by atoms with Crippen molar-refractivity contribution in [3.63, 3.8) is 0 Å². The highest BCUT2D eigenvalue weighted by atomic mass is 19.1. The Morgan fingerprint density at radius 2 is 2.14 bits per heavy atom. The van der Waals surface area contributed by atoms with Gasteiger partial charge in [-0.15, -0.1) is 0 Å². The van der Waals surface area contributed by atoms with E-state index in [1.54, 1.807) is 15.9 Å². The Morgan fingerprint density at radius 3 is 2.82 bits per heavy atom. The van der Waals surface area contributed by atoms with E-state index in [0.717, 1.165) is 11.3 Å². The van der Waals surface area contributed by atoms with Crippen LogP contribution in [0.4, 0.5) is 4.39 Å². The first-order valence-electron chi connectivity index (χ1n) is 9.32. The van der Waals surface area contributed by atoms with E-state index in [4.69, 9.17) is 4.74 Å². The van der Waals surface area contributed by atoms with E-state index < -0.39 is 0 Å². The summed E-state index contributed by atoms with van der Waals surface area (Å²) in [7, 11) is 1.48. The quantitative estimate of drug-likeness (QED) is 0.869. The van der Waals surface area contributed by atoms with Gasteiger partial charge >= 0.3 is 0 Å². The number of hydrogen-bond acceptors (Lipinski definition) is 4. The van der Waals surface area contributed by atoms with E-state index in [0.29, 0.717) is 25.3 Å². The van der Waals surface area contributed by atoms with Crippen molar-refractivity contribution in [2.75, 3.05) is 33.4 Å². The van der Waals surface area contributed by atoms with Crippen molar-refractivity contribution in [3.05, 3.63) is 53.4 Å². The number of benzene rings is 1. The predicted octanol–water partition coefficient (Wildman–Crippen LogP) is 1.78. The molecule has 0 unspecified atom stereocenters. The van der Waals surface area contributed by atoms with Crippen molar-refractivity contribution in [3.8, 4) is 0 Å². The molecule has 2 aliphatic heterocycles. The van der Waals surface area contributed by atoms with Crippen molar-refractivity contribution in [2.24, 2.45) is 11.8 Å². The van der Waals surface area contributed by atoms with Gasteiger partial charge in [0, 0.05) is 44.3 Å². The number of likely N-dealkylation sites (tertiary alicyclic amines) is 2. The maximum Gasteiger partial charge on any atom is 0.274 e. The molecule has 8 heteroatoms. The molecule has 1 N–H and O–H groups in total. The average molecular weight is 386 g/mol. The first-order valence-corrected chi connectivity index (χ1v) is 9.32. The molecule has 2 aromatic rings. The maximum atomic E-state index is 13.9. The van der Waals surface area contributed by atoms with Gasteiger partial charge in [-0.3, -0.25) is 9.59 Å². The van der Waals surface area contributed by atoms with Gasteiger partial charge in [-0.05, 0) is 24.6 Å². The van der Waals surface area contributed by atoms with Crippen LogP contribution in [0.25, 0.3) is 0 Å². The molecule has 3 atom stereocenters. The number of nitrogens with zero attached hydrogens (tertiary/aromatic N) is 3. The molecule has 1 aromatic heterocycles. The summed E-state index contributed by atoms with van der Waals surface area (Å²) in [6.07, 6.45) is 1.51. The van der Waals surface area contributed by atoms with Gasteiger partial charge in [0.25, 0.3) is 5.91 Å². The summed E-state index contributed by atoms with van der Waals surface area (Å²) in [5.74, 6) is -0.380. The molecule has 2 aliphatic rings. The molecule has 0 bridgehead atoms. The van der Waals surface area contributed by atoms with Crippen LogP contribution in [-0.2, 0) is 9.53 Å². The van der Waals surface area contributed by atoms with Crippen molar-refractivity contribution in [1.82, 2.24) is 19.8 Å². The Balaban J connectivity index is 1.61. The summed E-state index contributed by atoms with van der Waals surface area (Å²) in [5, 5.41) is 0. The summed E-state index contributed by atoms with van der Waals surface area (Å²) in [6.45, 7) is 3.39. The number of aromatic nitrogens is 2. The normalized spacial score (nSPS) is 23.9. The van der Waals surface area contributed by atoms with Crippen LogP contribution in [0.15, 0.2) is 30.6 Å². The van der Waals surface area contributed by atoms with Gasteiger partial charge in [0.15, 0.2) is 0 Å². The van der Waals surface area contributed by atoms with Crippen LogP contribution in [0.1, 0.15) is 27.8 Å². The van der Waals surface area contributed by atoms with Gasteiger partial charge in [-0.2, -0.15) is 0 Å². The maximum absolute atomic E-state index is 13.9. The zero-order chi connectivity index (χ0) is 19.8. The third-order valence-corrected chi connectivity index (χ3v) is 5.76. The minimum atomic E-state index is -0.335. The zero-order valence-corrected chi connectivity index (χ0v) is 15.9. The van der Waals surface area contributed by atoms with Crippen LogP contribution in [-0.4, -0.2) is 64.9 Å². The van der Waals surface area contributed by atoms with Crippen LogP contribution in [0.3, 0.4) is 0 Å². The van der Waals surface area contributed by atoms with E-state index in [-0.39, 0.29) is 42.1 Å². The van der Waals surface area contributed by atoms with E-state index in [2.05, 4.69) is 9.97 Å². The Labute approximate surface area is 162 Å². The fourth-order valence-electron chi connectivity index (χ4n) is 4.52. The second-order valence-corrected chi connectivity index (χ2v) is 7.49. The average Bonchev–Trinajstić information content (AvgIpc) is 3.35. The van der Waals surface area contributed by atoms with Crippen LogP contribution in [0.5, 0.6) is 0 Å². The molecule has 2 fully saturated rings. The highest BCUT2D eigenvalue weighted by molar-refractivity contribution is 5.93. The third kappa shape index (κ3) is 3.17. The van der Waals surface area contributed by atoms with Crippen molar-refractivity contribution in [2.45, 2.75) is 13.0 Å². The largest absolute Gasteiger partial charge is 0.375 e. The number of methoxy groups -OCH3 is 1. The number of fused-ring (bicyclic) bond motifs is 1. The number of imidazole rings is 1. The van der Waals surface area contributed by atoms with Crippen molar-refractivity contribution < 1.29 is 18.7 Å². The predicted molar refractivity (Wildman–Crippen MR) is 98.9 cm³/mol. The Hall–Kier alpha value is -2.74. The third-order valence-electron chi connectivity index (χ3n) is 5.76.